The highest BCUT2D eigenvalue weighted by atomic mass is 127. The van der Waals surface area contributed by atoms with Gasteiger partial charge in [0, 0.05) is 24.9 Å². The van der Waals surface area contributed by atoms with Crippen LogP contribution in [0, 0.1) is 19.8 Å². The van der Waals surface area contributed by atoms with Crippen molar-refractivity contribution in [1.29, 1.82) is 0 Å². The molecule has 0 amide bonds. The van der Waals surface area contributed by atoms with Gasteiger partial charge in [0.05, 0.1) is 18.8 Å². The third kappa shape index (κ3) is 5.04. The van der Waals surface area contributed by atoms with Gasteiger partial charge in [0.15, 0.2) is 0 Å². The van der Waals surface area contributed by atoms with Gasteiger partial charge in [-0.25, -0.2) is 0 Å². The molecule has 1 aromatic rings. The first kappa shape index (κ1) is 16.9. The second kappa shape index (κ2) is 8.21. The van der Waals surface area contributed by atoms with Crippen LogP contribution in [0.5, 0.6) is 0 Å². The van der Waals surface area contributed by atoms with Crippen molar-refractivity contribution in [2.45, 2.75) is 46.2 Å². The first-order valence-corrected chi connectivity index (χ1v) is 6.99. The van der Waals surface area contributed by atoms with Crippen molar-refractivity contribution in [2.75, 3.05) is 19.8 Å². The van der Waals surface area contributed by atoms with Crippen molar-refractivity contribution in [1.82, 2.24) is 15.1 Å². The molecule has 0 aliphatic carbocycles. The Balaban J connectivity index is 0.00000180. The van der Waals surface area contributed by atoms with Crippen molar-refractivity contribution in [3.8, 4) is 0 Å². The van der Waals surface area contributed by atoms with Gasteiger partial charge in [-0.05, 0) is 45.6 Å². The number of nitrogens with zero attached hydrogens (tertiary/aromatic N) is 2. The summed E-state index contributed by atoms with van der Waals surface area (Å²) >= 11 is 0. The van der Waals surface area contributed by atoms with Crippen LogP contribution in [0.1, 0.15) is 31.2 Å². The molecule has 1 N–H and O–H groups in total. The SMILES string of the molecule is Cc1cc(C)n(CCNC(C)C2CCCOC2)n1.I. The molecule has 1 aliphatic rings. The van der Waals surface area contributed by atoms with Crippen molar-refractivity contribution >= 4 is 24.0 Å². The smallest absolute Gasteiger partial charge is 0.0596 e. The zero-order valence-corrected chi connectivity index (χ0v) is 14.5. The van der Waals surface area contributed by atoms with Crippen LogP contribution in [0.25, 0.3) is 0 Å². The third-order valence-corrected chi connectivity index (χ3v) is 3.80. The Morgan fingerprint density at radius 3 is 2.89 bits per heavy atom. The molecule has 0 saturated carbocycles. The molecular weight excluding hydrogens is 353 g/mol. The Morgan fingerprint density at radius 1 is 1.53 bits per heavy atom. The van der Waals surface area contributed by atoms with E-state index in [9.17, 15) is 0 Å². The zero-order chi connectivity index (χ0) is 13.0. The monoisotopic (exact) mass is 379 g/mol. The molecule has 2 rings (SSSR count). The summed E-state index contributed by atoms with van der Waals surface area (Å²) in [6.45, 7) is 10.2. The fourth-order valence-corrected chi connectivity index (χ4v) is 2.63. The molecule has 0 spiro atoms. The van der Waals surface area contributed by atoms with E-state index in [1.54, 1.807) is 0 Å². The summed E-state index contributed by atoms with van der Waals surface area (Å²) < 4.78 is 7.61. The Hall–Kier alpha value is -0.140. The highest BCUT2D eigenvalue weighted by molar-refractivity contribution is 14.0. The molecule has 2 atom stereocenters. The van der Waals surface area contributed by atoms with Crippen LogP contribution < -0.4 is 5.32 Å². The van der Waals surface area contributed by atoms with E-state index < -0.39 is 0 Å². The highest BCUT2D eigenvalue weighted by Gasteiger charge is 2.19. The molecular formula is C14H26IN3O. The minimum atomic E-state index is 0. The number of aromatic nitrogens is 2. The summed E-state index contributed by atoms with van der Waals surface area (Å²) in [5, 5.41) is 8.07. The molecule has 0 bridgehead atoms. The van der Waals surface area contributed by atoms with E-state index in [2.05, 4.69) is 35.0 Å². The van der Waals surface area contributed by atoms with Gasteiger partial charge in [-0.15, -0.1) is 24.0 Å². The number of aryl methyl sites for hydroxylation is 2. The molecule has 19 heavy (non-hydrogen) atoms. The summed E-state index contributed by atoms with van der Waals surface area (Å²) in [6.07, 6.45) is 2.49. The molecule has 5 heteroatoms. The van der Waals surface area contributed by atoms with Gasteiger partial charge < -0.3 is 10.1 Å². The standard InChI is InChI=1S/C14H25N3O.HI/c1-11-9-12(2)17(16-11)7-6-15-13(3)14-5-4-8-18-10-14;/h9,13-15H,4-8,10H2,1-3H3;1H. The van der Waals surface area contributed by atoms with Crippen LogP contribution in [0.2, 0.25) is 0 Å². The average Bonchev–Trinajstić information content (AvgIpc) is 2.69. The Kier molecular flexibility index (Phi) is 7.31. The van der Waals surface area contributed by atoms with E-state index in [0.29, 0.717) is 12.0 Å². The lowest BCUT2D eigenvalue weighted by Gasteiger charge is -2.28. The Labute approximate surface area is 133 Å². The molecule has 1 aromatic heterocycles. The van der Waals surface area contributed by atoms with Gasteiger partial charge in [-0.1, -0.05) is 0 Å². The molecule has 4 nitrogen and oxygen atoms in total. The second-order valence-corrected chi connectivity index (χ2v) is 5.37. The minimum absolute atomic E-state index is 0. The normalized spacial score (nSPS) is 20.9. The summed E-state index contributed by atoms with van der Waals surface area (Å²) in [6, 6.07) is 2.65. The van der Waals surface area contributed by atoms with Crippen molar-refractivity contribution in [3.63, 3.8) is 0 Å². The minimum Gasteiger partial charge on any atom is -0.381 e. The lowest BCUT2D eigenvalue weighted by molar-refractivity contribution is 0.0419. The van der Waals surface area contributed by atoms with Crippen LogP contribution in [0.4, 0.5) is 0 Å². The van der Waals surface area contributed by atoms with Gasteiger partial charge in [0.1, 0.15) is 0 Å². The lowest BCUT2D eigenvalue weighted by Crippen LogP contribution is -2.39. The molecule has 2 unspecified atom stereocenters. The van der Waals surface area contributed by atoms with Gasteiger partial charge in [-0.2, -0.15) is 5.10 Å². The number of hydrogen-bond acceptors (Lipinski definition) is 3. The average molecular weight is 379 g/mol. The summed E-state index contributed by atoms with van der Waals surface area (Å²) in [4.78, 5) is 0. The number of nitrogens with one attached hydrogen (secondary N) is 1. The Bertz CT molecular complexity index is 375. The van der Waals surface area contributed by atoms with Crippen LogP contribution in [-0.4, -0.2) is 35.6 Å². The first-order chi connectivity index (χ1) is 8.66. The Morgan fingerprint density at radius 2 is 2.32 bits per heavy atom. The van der Waals surface area contributed by atoms with Gasteiger partial charge in [0.25, 0.3) is 0 Å². The van der Waals surface area contributed by atoms with Gasteiger partial charge in [0.2, 0.25) is 0 Å². The predicted molar refractivity (Wildman–Crippen MR) is 88.1 cm³/mol. The zero-order valence-electron chi connectivity index (χ0n) is 12.2. The van der Waals surface area contributed by atoms with Gasteiger partial charge in [-0.3, -0.25) is 4.68 Å². The number of ether oxygens (including phenoxy) is 1. The molecule has 1 saturated heterocycles. The van der Waals surface area contributed by atoms with Crippen LogP contribution in [0.15, 0.2) is 6.07 Å². The maximum Gasteiger partial charge on any atom is 0.0596 e. The van der Waals surface area contributed by atoms with Crippen LogP contribution in [0.3, 0.4) is 0 Å². The summed E-state index contributed by atoms with van der Waals surface area (Å²) in [5.74, 6) is 0.666. The van der Waals surface area contributed by atoms with E-state index in [-0.39, 0.29) is 24.0 Å². The summed E-state index contributed by atoms with van der Waals surface area (Å²) in [5.41, 5.74) is 2.34. The van der Waals surface area contributed by atoms with E-state index in [1.165, 1.54) is 18.5 Å². The van der Waals surface area contributed by atoms with Gasteiger partial charge >= 0.3 is 0 Å². The summed E-state index contributed by atoms with van der Waals surface area (Å²) in [7, 11) is 0. The number of hydrogen-bond donors (Lipinski definition) is 1. The second-order valence-electron chi connectivity index (χ2n) is 5.37. The van der Waals surface area contributed by atoms with E-state index in [0.717, 1.165) is 32.0 Å². The quantitative estimate of drug-likeness (QED) is 0.800. The number of halogens is 1. The molecule has 1 fully saturated rings. The van der Waals surface area contributed by atoms with Crippen molar-refractivity contribution in [2.24, 2.45) is 5.92 Å². The third-order valence-electron chi connectivity index (χ3n) is 3.80. The molecule has 110 valence electrons. The van der Waals surface area contributed by atoms with Crippen LogP contribution >= 0.6 is 24.0 Å². The molecule has 2 heterocycles. The van der Waals surface area contributed by atoms with E-state index in [4.69, 9.17) is 4.74 Å². The fraction of sp³-hybridized carbons (Fsp3) is 0.786. The topological polar surface area (TPSA) is 39.1 Å². The largest absolute Gasteiger partial charge is 0.381 e. The van der Waals surface area contributed by atoms with Crippen molar-refractivity contribution < 1.29 is 4.74 Å². The molecule has 1 aliphatic heterocycles. The predicted octanol–water partition coefficient (Wildman–Crippen LogP) is 2.52. The molecule has 0 radical (unpaired) electrons. The maximum atomic E-state index is 5.53. The van der Waals surface area contributed by atoms with E-state index in [1.807, 2.05) is 6.92 Å². The fourth-order valence-electron chi connectivity index (χ4n) is 2.63. The highest BCUT2D eigenvalue weighted by Crippen LogP contribution is 2.17. The lowest BCUT2D eigenvalue weighted by atomic mass is 9.95. The molecule has 0 aromatic carbocycles. The van der Waals surface area contributed by atoms with E-state index >= 15 is 0 Å². The number of rotatable bonds is 5. The maximum absolute atomic E-state index is 5.53. The van der Waals surface area contributed by atoms with Crippen LogP contribution in [-0.2, 0) is 11.3 Å². The van der Waals surface area contributed by atoms with Crippen molar-refractivity contribution in [3.05, 3.63) is 17.5 Å². The first-order valence-electron chi connectivity index (χ1n) is 6.99.